The number of amides is 1. The average molecular weight is 299 g/mol. The van der Waals surface area contributed by atoms with Gasteiger partial charge in [0.2, 0.25) is 0 Å². The monoisotopic (exact) mass is 298 g/mol. The maximum atomic E-state index is 12.1. The van der Waals surface area contributed by atoms with Crippen LogP contribution in [0.4, 0.5) is 0 Å². The summed E-state index contributed by atoms with van der Waals surface area (Å²) >= 11 is 0. The van der Waals surface area contributed by atoms with Crippen molar-refractivity contribution in [3.05, 3.63) is 35.4 Å². The van der Waals surface area contributed by atoms with Gasteiger partial charge >= 0.3 is 0 Å². The van der Waals surface area contributed by atoms with Crippen molar-refractivity contribution in [3.63, 3.8) is 0 Å². The molecule has 1 fully saturated rings. The third kappa shape index (κ3) is 4.78. The van der Waals surface area contributed by atoms with Gasteiger partial charge in [0, 0.05) is 19.2 Å². The lowest BCUT2D eigenvalue weighted by atomic mass is 10.0. The number of nitrogens with one attached hydrogen (secondary N) is 2. The van der Waals surface area contributed by atoms with Gasteiger partial charge in [0.25, 0.3) is 5.91 Å². The molecular formula is C15H23ClN2O2. The standard InChI is InChI=1S/C15H22N2O2.ClH/c1-19-11-13-4-2-3-5-14(13)15(18)17-9-7-12-6-8-16-10-12;/h2-5,12,16H,6-11H2,1H3,(H,17,18);1H. The van der Waals surface area contributed by atoms with Crippen LogP contribution in [0.3, 0.4) is 0 Å². The van der Waals surface area contributed by atoms with Gasteiger partial charge < -0.3 is 15.4 Å². The van der Waals surface area contributed by atoms with E-state index in [0.717, 1.165) is 31.6 Å². The van der Waals surface area contributed by atoms with Gasteiger partial charge in [-0.25, -0.2) is 0 Å². The Labute approximate surface area is 126 Å². The molecule has 112 valence electrons. The summed E-state index contributed by atoms with van der Waals surface area (Å²) < 4.78 is 5.12. The van der Waals surface area contributed by atoms with Gasteiger partial charge in [0.1, 0.15) is 0 Å². The number of ether oxygens (including phenoxy) is 1. The SMILES string of the molecule is COCc1ccccc1C(=O)NCCC1CCNC1.Cl. The van der Waals surface area contributed by atoms with Crippen molar-refractivity contribution in [2.75, 3.05) is 26.7 Å². The van der Waals surface area contributed by atoms with Crippen molar-refractivity contribution in [1.29, 1.82) is 0 Å². The van der Waals surface area contributed by atoms with Crippen LogP contribution in [0.25, 0.3) is 0 Å². The summed E-state index contributed by atoms with van der Waals surface area (Å²) in [5.41, 5.74) is 1.65. The third-order valence-corrected chi connectivity index (χ3v) is 3.56. The molecule has 1 aromatic rings. The van der Waals surface area contributed by atoms with E-state index in [9.17, 15) is 4.79 Å². The molecule has 1 heterocycles. The molecule has 0 aromatic heterocycles. The molecule has 0 bridgehead atoms. The first-order chi connectivity index (χ1) is 9.31. The smallest absolute Gasteiger partial charge is 0.251 e. The highest BCUT2D eigenvalue weighted by molar-refractivity contribution is 5.95. The van der Waals surface area contributed by atoms with Crippen molar-refractivity contribution < 1.29 is 9.53 Å². The molecule has 0 saturated carbocycles. The number of benzene rings is 1. The van der Waals surface area contributed by atoms with E-state index >= 15 is 0 Å². The van der Waals surface area contributed by atoms with Gasteiger partial charge in [0.05, 0.1) is 6.61 Å². The first-order valence-electron chi connectivity index (χ1n) is 6.87. The van der Waals surface area contributed by atoms with Crippen molar-refractivity contribution in [1.82, 2.24) is 10.6 Å². The quantitative estimate of drug-likeness (QED) is 0.844. The largest absolute Gasteiger partial charge is 0.380 e. The number of carbonyl (C=O) groups is 1. The van der Waals surface area contributed by atoms with Gasteiger partial charge in [0.15, 0.2) is 0 Å². The first-order valence-corrected chi connectivity index (χ1v) is 6.87. The van der Waals surface area contributed by atoms with E-state index in [1.165, 1.54) is 6.42 Å². The van der Waals surface area contributed by atoms with Gasteiger partial charge in [-0.2, -0.15) is 0 Å². The fourth-order valence-electron chi connectivity index (χ4n) is 2.47. The molecule has 1 aliphatic heterocycles. The van der Waals surface area contributed by atoms with Gasteiger partial charge in [-0.1, -0.05) is 18.2 Å². The Morgan fingerprint density at radius 1 is 1.45 bits per heavy atom. The minimum atomic E-state index is -0.00129. The normalized spacial score (nSPS) is 17.6. The lowest BCUT2D eigenvalue weighted by Crippen LogP contribution is -2.27. The molecule has 1 saturated heterocycles. The molecule has 5 heteroatoms. The summed E-state index contributed by atoms with van der Waals surface area (Å²) in [4.78, 5) is 12.1. The summed E-state index contributed by atoms with van der Waals surface area (Å²) in [5.74, 6) is 0.702. The van der Waals surface area contributed by atoms with E-state index in [1.807, 2.05) is 24.3 Å². The fourth-order valence-corrected chi connectivity index (χ4v) is 2.47. The van der Waals surface area contributed by atoms with Crippen molar-refractivity contribution >= 4 is 18.3 Å². The highest BCUT2D eigenvalue weighted by atomic mass is 35.5. The minimum Gasteiger partial charge on any atom is -0.380 e. The van der Waals surface area contributed by atoms with E-state index in [4.69, 9.17) is 4.74 Å². The molecule has 20 heavy (non-hydrogen) atoms. The Hall–Kier alpha value is -1.10. The molecule has 1 aromatic carbocycles. The second-order valence-electron chi connectivity index (χ2n) is 4.99. The highest BCUT2D eigenvalue weighted by Gasteiger charge is 2.15. The second-order valence-corrected chi connectivity index (χ2v) is 4.99. The molecule has 2 N–H and O–H groups in total. The molecule has 1 aliphatic rings. The molecule has 0 radical (unpaired) electrons. The molecule has 0 aliphatic carbocycles. The zero-order chi connectivity index (χ0) is 13.5. The maximum absolute atomic E-state index is 12.1. The van der Waals surface area contributed by atoms with Crippen molar-refractivity contribution in [3.8, 4) is 0 Å². The number of carbonyl (C=O) groups excluding carboxylic acids is 1. The number of methoxy groups -OCH3 is 1. The summed E-state index contributed by atoms with van der Waals surface area (Å²) in [6.45, 7) is 3.40. The molecule has 2 rings (SSSR count). The predicted octanol–water partition coefficient (Wildman–Crippen LogP) is 1.98. The van der Waals surface area contributed by atoms with Crippen LogP contribution < -0.4 is 10.6 Å². The Morgan fingerprint density at radius 2 is 2.25 bits per heavy atom. The van der Waals surface area contributed by atoms with E-state index < -0.39 is 0 Å². The van der Waals surface area contributed by atoms with Gasteiger partial charge in [-0.3, -0.25) is 4.79 Å². The van der Waals surface area contributed by atoms with Gasteiger partial charge in [-0.05, 0) is 43.5 Å². The Balaban J connectivity index is 0.00000200. The van der Waals surface area contributed by atoms with Gasteiger partial charge in [-0.15, -0.1) is 12.4 Å². The van der Waals surface area contributed by atoms with E-state index in [2.05, 4.69) is 10.6 Å². The molecule has 1 amide bonds. The number of rotatable bonds is 6. The van der Waals surface area contributed by atoms with E-state index in [0.29, 0.717) is 18.1 Å². The maximum Gasteiger partial charge on any atom is 0.251 e. The zero-order valence-corrected chi connectivity index (χ0v) is 12.7. The van der Waals surface area contributed by atoms with Crippen molar-refractivity contribution in [2.24, 2.45) is 5.92 Å². The van der Waals surface area contributed by atoms with Crippen molar-refractivity contribution in [2.45, 2.75) is 19.4 Å². The number of halogens is 1. The van der Waals surface area contributed by atoms with Crippen LogP contribution in [0.15, 0.2) is 24.3 Å². The summed E-state index contributed by atoms with van der Waals surface area (Å²) in [5, 5.41) is 6.34. The highest BCUT2D eigenvalue weighted by Crippen LogP contribution is 2.12. The lowest BCUT2D eigenvalue weighted by Gasteiger charge is -2.11. The summed E-state index contributed by atoms with van der Waals surface area (Å²) in [6.07, 6.45) is 2.27. The molecular weight excluding hydrogens is 276 g/mol. The zero-order valence-electron chi connectivity index (χ0n) is 11.9. The van der Waals surface area contributed by atoms with Crippen LogP contribution in [-0.4, -0.2) is 32.7 Å². The van der Waals surface area contributed by atoms with Crippen LogP contribution in [0.5, 0.6) is 0 Å². The second kappa shape index (κ2) is 8.95. The average Bonchev–Trinajstić information content (AvgIpc) is 2.93. The third-order valence-electron chi connectivity index (χ3n) is 3.56. The Kier molecular flexibility index (Phi) is 7.59. The topological polar surface area (TPSA) is 50.4 Å². The minimum absolute atomic E-state index is 0. The molecule has 1 unspecified atom stereocenters. The van der Waals surface area contributed by atoms with E-state index in [-0.39, 0.29) is 18.3 Å². The van der Waals surface area contributed by atoms with Crippen LogP contribution in [0.2, 0.25) is 0 Å². The first kappa shape index (κ1) is 17.0. The number of hydrogen-bond acceptors (Lipinski definition) is 3. The Morgan fingerprint density at radius 3 is 2.95 bits per heavy atom. The Bertz CT molecular complexity index is 420. The summed E-state index contributed by atoms with van der Waals surface area (Å²) in [7, 11) is 1.64. The predicted molar refractivity (Wildman–Crippen MR) is 82.3 cm³/mol. The van der Waals surface area contributed by atoms with E-state index in [1.54, 1.807) is 7.11 Å². The summed E-state index contributed by atoms with van der Waals surface area (Å²) in [6, 6.07) is 7.59. The molecule has 4 nitrogen and oxygen atoms in total. The van der Waals surface area contributed by atoms with Crippen LogP contribution in [0, 0.1) is 5.92 Å². The fraction of sp³-hybridized carbons (Fsp3) is 0.533. The molecule has 0 spiro atoms. The number of hydrogen-bond donors (Lipinski definition) is 2. The van der Waals surface area contributed by atoms with Crippen LogP contribution in [-0.2, 0) is 11.3 Å². The molecule has 1 atom stereocenters. The van der Waals surface area contributed by atoms with Crippen LogP contribution in [0.1, 0.15) is 28.8 Å². The lowest BCUT2D eigenvalue weighted by molar-refractivity contribution is 0.0946. The van der Waals surface area contributed by atoms with Crippen LogP contribution >= 0.6 is 12.4 Å².